The summed E-state index contributed by atoms with van der Waals surface area (Å²) in [5, 5.41) is 0. The van der Waals surface area contributed by atoms with Crippen molar-refractivity contribution < 1.29 is 4.74 Å². The number of nitrogens with two attached hydrogens (primary N) is 1. The molecule has 0 aromatic heterocycles. The number of para-hydroxylation sites is 1. The van der Waals surface area contributed by atoms with E-state index in [9.17, 15) is 0 Å². The van der Waals surface area contributed by atoms with Crippen LogP contribution < -0.4 is 10.5 Å². The van der Waals surface area contributed by atoms with Gasteiger partial charge in [-0.1, -0.05) is 31.0 Å². The molecule has 0 amide bonds. The second-order valence-electron chi connectivity index (χ2n) is 4.80. The molecule has 1 atom stereocenters. The average molecular weight is 219 g/mol. The van der Waals surface area contributed by atoms with E-state index in [1.165, 1.54) is 24.8 Å². The van der Waals surface area contributed by atoms with Gasteiger partial charge in [0.1, 0.15) is 5.75 Å². The third-order valence-corrected chi connectivity index (χ3v) is 3.32. The highest BCUT2D eigenvalue weighted by molar-refractivity contribution is 5.33. The van der Waals surface area contributed by atoms with Crippen LogP contribution in [0, 0.1) is 5.92 Å². The Labute approximate surface area is 97.8 Å². The lowest BCUT2D eigenvalue weighted by atomic mass is 10.0. The van der Waals surface area contributed by atoms with Crippen LogP contribution >= 0.6 is 0 Å². The van der Waals surface area contributed by atoms with Crippen LogP contribution in [0.1, 0.15) is 31.2 Å². The lowest BCUT2D eigenvalue weighted by molar-refractivity contribution is 0.406. The van der Waals surface area contributed by atoms with E-state index in [1.807, 2.05) is 18.2 Å². The highest BCUT2D eigenvalue weighted by Crippen LogP contribution is 2.34. The first kappa shape index (κ1) is 11.5. The Morgan fingerprint density at radius 3 is 2.81 bits per heavy atom. The largest absolute Gasteiger partial charge is 0.496 e. The minimum Gasteiger partial charge on any atom is -0.496 e. The number of hydrogen-bond acceptors (Lipinski definition) is 2. The minimum absolute atomic E-state index is 0.275. The first-order chi connectivity index (χ1) is 7.79. The maximum atomic E-state index is 6.15. The lowest BCUT2D eigenvalue weighted by Crippen LogP contribution is -2.23. The van der Waals surface area contributed by atoms with Crippen molar-refractivity contribution in [2.45, 2.75) is 38.1 Å². The molecule has 0 aliphatic heterocycles. The molecule has 1 aromatic carbocycles. The molecule has 1 fully saturated rings. The number of rotatable bonds is 6. The van der Waals surface area contributed by atoms with E-state index in [1.54, 1.807) is 7.11 Å². The zero-order valence-corrected chi connectivity index (χ0v) is 9.99. The normalized spacial score (nSPS) is 17.1. The SMILES string of the molecule is COc1ccccc1CC(N)CCC1CC1. The summed E-state index contributed by atoms with van der Waals surface area (Å²) in [5.41, 5.74) is 7.38. The summed E-state index contributed by atoms with van der Waals surface area (Å²) >= 11 is 0. The van der Waals surface area contributed by atoms with Gasteiger partial charge in [0.2, 0.25) is 0 Å². The standard InChI is InChI=1S/C14H21NO/c1-16-14-5-3-2-4-12(14)10-13(15)9-8-11-6-7-11/h2-5,11,13H,6-10,15H2,1H3. The molecule has 1 aliphatic rings. The van der Waals surface area contributed by atoms with E-state index in [0.717, 1.165) is 24.5 Å². The van der Waals surface area contributed by atoms with Crippen molar-refractivity contribution in [1.82, 2.24) is 0 Å². The molecule has 1 aliphatic carbocycles. The molecule has 2 rings (SSSR count). The van der Waals surface area contributed by atoms with Crippen LogP contribution in [0.2, 0.25) is 0 Å². The van der Waals surface area contributed by atoms with Crippen molar-refractivity contribution in [2.24, 2.45) is 11.7 Å². The predicted octanol–water partition coefficient (Wildman–Crippen LogP) is 2.76. The third-order valence-electron chi connectivity index (χ3n) is 3.32. The van der Waals surface area contributed by atoms with Gasteiger partial charge in [0.15, 0.2) is 0 Å². The molecule has 2 heteroatoms. The Hall–Kier alpha value is -1.02. The molecule has 0 heterocycles. The smallest absolute Gasteiger partial charge is 0.122 e. The van der Waals surface area contributed by atoms with Gasteiger partial charge in [-0.15, -0.1) is 0 Å². The molecular formula is C14H21NO. The van der Waals surface area contributed by atoms with Gasteiger partial charge in [-0.05, 0) is 36.8 Å². The maximum Gasteiger partial charge on any atom is 0.122 e. The van der Waals surface area contributed by atoms with Gasteiger partial charge < -0.3 is 10.5 Å². The van der Waals surface area contributed by atoms with E-state index in [-0.39, 0.29) is 6.04 Å². The van der Waals surface area contributed by atoms with Gasteiger partial charge >= 0.3 is 0 Å². The first-order valence-electron chi connectivity index (χ1n) is 6.17. The number of methoxy groups -OCH3 is 1. The highest BCUT2D eigenvalue weighted by atomic mass is 16.5. The van der Waals surface area contributed by atoms with Crippen LogP contribution in [-0.2, 0) is 6.42 Å². The van der Waals surface area contributed by atoms with Gasteiger partial charge in [-0.3, -0.25) is 0 Å². The quantitative estimate of drug-likeness (QED) is 0.798. The van der Waals surface area contributed by atoms with Crippen LogP contribution in [0.25, 0.3) is 0 Å². The average Bonchev–Trinajstić information content (AvgIpc) is 3.11. The van der Waals surface area contributed by atoms with Crippen LogP contribution in [0.5, 0.6) is 5.75 Å². The van der Waals surface area contributed by atoms with E-state index >= 15 is 0 Å². The summed E-state index contributed by atoms with van der Waals surface area (Å²) in [6.45, 7) is 0. The zero-order valence-electron chi connectivity index (χ0n) is 9.99. The molecule has 1 unspecified atom stereocenters. The topological polar surface area (TPSA) is 35.2 Å². The van der Waals surface area contributed by atoms with Crippen molar-refractivity contribution in [3.63, 3.8) is 0 Å². The first-order valence-corrected chi connectivity index (χ1v) is 6.17. The molecule has 1 aromatic rings. The molecular weight excluding hydrogens is 198 g/mol. The molecule has 2 N–H and O–H groups in total. The highest BCUT2D eigenvalue weighted by Gasteiger charge is 2.21. The van der Waals surface area contributed by atoms with Gasteiger partial charge in [-0.2, -0.15) is 0 Å². The van der Waals surface area contributed by atoms with Crippen LogP contribution in [0.3, 0.4) is 0 Å². The Kier molecular flexibility index (Phi) is 3.83. The molecule has 88 valence electrons. The summed E-state index contributed by atoms with van der Waals surface area (Å²) in [5.74, 6) is 1.94. The van der Waals surface area contributed by atoms with Crippen LogP contribution in [0.15, 0.2) is 24.3 Å². The van der Waals surface area contributed by atoms with E-state index < -0.39 is 0 Å². The van der Waals surface area contributed by atoms with Crippen LogP contribution in [0.4, 0.5) is 0 Å². The Morgan fingerprint density at radius 1 is 1.38 bits per heavy atom. The molecule has 0 radical (unpaired) electrons. The fourth-order valence-electron chi connectivity index (χ4n) is 2.11. The van der Waals surface area contributed by atoms with E-state index in [2.05, 4.69) is 6.07 Å². The fourth-order valence-corrected chi connectivity index (χ4v) is 2.11. The summed E-state index contributed by atoms with van der Waals surface area (Å²) in [6, 6.07) is 8.43. The van der Waals surface area contributed by atoms with E-state index in [4.69, 9.17) is 10.5 Å². The Bertz CT molecular complexity index is 333. The molecule has 1 saturated carbocycles. The maximum absolute atomic E-state index is 6.15. The van der Waals surface area contributed by atoms with Gasteiger partial charge in [0, 0.05) is 6.04 Å². The second kappa shape index (κ2) is 5.35. The Morgan fingerprint density at radius 2 is 2.12 bits per heavy atom. The molecule has 0 saturated heterocycles. The second-order valence-corrected chi connectivity index (χ2v) is 4.80. The molecule has 0 spiro atoms. The van der Waals surface area contributed by atoms with Crippen molar-refractivity contribution >= 4 is 0 Å². The third kappa shape index (κ3) is 3.24. The van der Waals surface area contributed by atoms with Gasteiger partial charge in [0.25, 0.3) is 0 Å². The van der Waals surface area contributed by atoms with Crippen molar-refractivity contribution in [1.29, 1.82) is 0 Å². The molecule has 2 nitrogen and oxygen atoms in total. The monoisotopic (exact) mass is 219 g/mol. The number of hydrogen-bond donors (Lipinski definition) is 1. The summed E-state index contributed by atoms with van der Waals surface area (Å²) in [4.78, 5) is 0. The predicted molar refractivity (Wildman–Crippen MR) is 66.6 cm³/mol. The van der Waals surface area contributed by atoms with Crippen LogP contribution in [-0.4, -0.2) is 13.2 Å². The molecule has 0 bridgehead atoms. The number of ether oxygens (including phenoxy) is 1. The zero-order chi connectivity index (χ0) is 11.4. The van der Waals surface area contributed by atoms with E-state index in [0.29, 0.717) is 0 Å². The van der Waals surface area contributed by atoms with Gasteiger partial charge in [-0.25, -0.2) is 0 Å². The Balaban J connectivity index is 1.85. The van der Waals surface area contributed by atoms with Crippen molar-refractivity contribution in [3.8, 4) is 5.75 Å². The summed E-state index contributed by atoms with van der Waals surface area (Å²) < 4.78 is 5.33. The van der Waals surface area contributed by atoms with Gasteiger partial charge in [0.05, 0.1) is 7.11 Å². The molecule has 16 heavy (non-hydrogen) atoms. The lowest BCUT2D eigenvalue weighted by Gasteiger charge is -2.13. The fraction of sp³-hybridized carbons (Fsp3) is 0.571. The number of benzene rings is 1. The van der Waals surface area contributed by atoms with Crippen molar-refractivity contribution in [2.75, 3.05) is 7.11 Å². The van der Waals surface area contributed by atoms with Crippen molar-refractivity contribution in [3.05, 3.63) is 29.8 Å². The summed E-state index contributed by atoms with van der Waals surface area (Å²) in [7, 11) is 1.72. The minimum atomic E-state index is 0.275. The summed E-state index contributed by atoms with van der Waals surface area (Å²) in [6.07, 6.45) is 6.21.